The highest BCUT2D eigenvalue weighted by atomic mass is 35.5. The average molecular weight is 459 g/mol. The van der Waals surface area contributed by atoms with Crippen LogP contribution >= 0.6 is 22.9 Å². The standard InChI is InChI=1S/C22H27ClN6OS/c1-27(2)11-8-24-22(30)29-10-3-9-28(12-13-29)21-20-18(25-15-26-21)14-19(31-20)16-4-6-17(23)7-5-16/h4-7,14-15H,3,8-13H2,1-2H3,(H,24,30). The van der Waals surface area contributed by atoms with E-state index in [2.05, 4.69) is 31.2 Å². The molecule has 2 aromatic heterocycles. The van der Waals surface area contributed by atoms with Crippen LogP contribution < -0.4 is 10.2 Å². The molecule has 1 aliphatic rings. The van der Waals surface area contributed by atoms with Crippen molar-refractivity contribution in [1.82, 2.24) is 25.1 Å². The van der Waals surface area contributed by atoms with Crippen molar-refractivity contribution in [1.29, 1.82) is 0 Å². The number of benzene rings is 1. The molecule has 1 saturated heterocycles. The van der Waals surface area contributed by atoms with E-state index in [1.54, 1.807) is 17.7 Å². The zero-order valence-corrected chi connectivity index (χ0v) is 19.4. The number of hydrogen-bond acceptors (Lipinski definition) is 6. The van der Waals surface area contributed by atoms with Crippen LogP contribution in [0.25, 0.3) is 20.7 Å². The Balaban J connectivity index is 1.48. The van der Waals surface area contributed by atoms with Gasteiger partial charge in [-0.1, -0.05) is 23.7 Å². The average Bonchev–Trinajstić information content (AvgIpc) is 3.04. The molecule has 9 heteroatoms. The van der Waals surface area contributed by atoms with Crippen LogP contribution in [-0.4, -0.2) is 79.2 Å². The third kappa shape index (κ3) is 5.26. The van der Waals surface area contributed by atoms with Gasteiger partial charge in [-0.15, -0.1) is 11.3 Å². The summed E-state index contributed by atoms with van der Waals surface area (Å²) in [4.78, 5) is 29.0. The summed E-state index contributed by atoms with van der Waals surface area (Å²) in [5.41, 5.74) is 2.07. The van der Waals surface area contributed by atoms with E-state index < -0.39 is 0 Å². The Bertz CT molecular complexity index is 1040. The van der Waals surface area contributed by atoms with Gasteiger partial charge in [0.15, 0.2) is 0 Å². The molecule has 4 rings (SSSR count). The van der Waals surface area contributed by atoms with Crippen molar-refractivity contribution in [2.75, 3.05) is 58.3 Å². The number of nitrogens with one attached hydrogen (secondary N) is 1. The highest BCUT2D eigenvalue weighted by Gasteiger charge is 2.22. The van der Waals surface area contributed by atoms with E-state index in [9.17, 15) is 4.79 Å². The van der Waals surface area contributed by atoms with Crippen molar-refractivity contribution in [3.05, 3.63) is 41.7 Å². The summed E-state index contributed by atoms with van der Waals surface area (Å²) < 4.78 is 1.08. The van der Waals surface area contributed by atoms with Crippen LogP contribution in [0.2, 0.25) is 5.02 Å². The number of urea groups is 1. The zero-order valence-electron chi connectivity index (χ0n) is 17.8. The lowest BCUT2D eigenvalue weighted by Gasteiger charge is -2.23. The van der Waals surface area contributed by atoms with Crippen molar-refractivity contribution in [3.63, 3.8) is 0 Å². The predicted octanol–water partition coefficient (Wildman–Crippen LogP) is 3.80. The highest BCUT2D eigenvalue weighted by Crippen LogP contribution is 2.37. The molecule has 3 aromatic rings. The van der Waals surface area contributed by atoms with Gasteiger partial charge in [-0.05, 0) is 44.3 Å². The molecule has 1 N–H and O–H groups in total. The van der Waals surface area contributed by atoms with Crippen LogP contribution in [0.4, 0.5) is 10.6 Å². The zero-order chi connectivity index (χ0) is 21.8. The summed E-state index contributed by atoms with van der Waals surface area (Å²) in [5, 5.41) is 3.74. The minimum atomic E-state index is 0.0117. The van der Waals surface area contributed by atoms with E-state index in [-0.39, 0.29) is 6.03 Å². The Kier molecular flexibility index (Phi) is 6.89. The number of rotatable bonds is 5. The number of fused-ring (bicyclic) bond motifs is 1. The number of nitrogens with zero attached hydrogens (tertiary/aromatic N) is 5. The fourth-order valence-corrected chi connectivity index (χ4v) is 4.91. The number of thiophene rings is 1. The van der Waals surface area contributed by atoms with E-state index in [1.807, 2.05) is 43.3 Å². The molecular weight excluding hydrogens is 432 g/mol. The lowest BCUT2D eigenvalue weighted by Crippen LogP contribution is -2.44. The van der Waals surface area contributed by atoms with Gasteiger partial charge in [-0.3, -0.25) is 0 Å². The highest BCUT2D eigenvalue weighted by molar-refractivity contribution is 7.22. The molecule has 1 aromatic carbocycles. The van der Waals surface area contributed by atoms with E-state index in [0.717, 1.165) is 64.1 Å². The number of amides is 2. The second kappa shape index (κ2) is 9.80. The maximum atomic E-state index is 12.5. The number of carbonyl (C=O) groups excluding carboxylic acids is 1. The third-order valence-corrected chi connectivity index (χ3v) is 6.76. The SMILES string of the molecule is CN(C)CCNC(=O)N1CCCN(c2ncnc3cc(-c4ccc(Cl)cc4)sc23)CC1. The van der Waals surface area contributed by atoms with Gasteiger partial charge in [0.1, 0.15) is 12.1 Å². The molecule has 31 heavy (non-hydrogen) atoms. The van der Waals surface area contributed by atoms with Crippen LogP contribution in [0, 0.1) is 0 Å². The Labute approximate surface area is 191 Å². The van der Waals surface area contributed by atoms with Crippen LogP contribution in [0.1, 0.15) is 6.42 Å². The van der Waals surface area contributed by atoms with Crippen molar-refractivity contribution in [2.24, 2.45) is 0 Å². The number of aromatic nitrogens is 2. The van der Waals surface area contributed by atoms with Gasteiger partial charge in [0.05, 0.1) is 10.2 Å². The van der Waals surface area contributed by atoms with E-state index >= 15 is 0 Å². The molecule has 2 amide bonds. The number of likely N-dealkylation sites (N-methyl/N-ethyl adjacent to an activating group) is 1. The Hall–Kier alpha value is -2.42. The monoisotopic (exact) mass is 458 g/mol. The Morgan fingerprint density at radius 2 is 1.97 bits per heavy atom. The fraction of sp³-hybridized carbons (Fsp3) is 0.409. The van der Waals surface area contributed by atoms with Crippen LogP contribution in [0.3, 0.4) is 0 Å². The summed E-state index contributed by atoms with van der Waals surface area (Å²) in [6.45, 7) is 4.52. The molecule has 0 saturated carbocycles. The summed E-state index contributed by atoms with van der Waals surface area (Å²) in [5.74, 6) is 0.949. The molecule has 3 heterocycles. The molecule has 0 bridgehead atoms. The molecule has 7 nitrogen and oxygen atoms in total. The van der Waals surface area contributed by atoms with Crippen molar-refractivity contribution >= 4 is 45.0 Å². The lowest BCUT2D eigenvalue weighted by molar-refractivity contribution is 0.200. The first-order valence-electron chi connectivity index (χ1n) is 10.4. The maximum absolute atomic E-state index is 12.5. The summed E-state index contributed by atoms with van der Waals surface area (Å²) in [7, 11) is 4.00. The number of halogens is 1. The van der Waals surface area contributed by atoms with E-state index in [0.29, 0.717) is 13.1 Å². The minimum Gasteiger partial charge on any atom is -0.353 e. The van der Waals surface area contributed by atoms with Gasteiger partial charge in [0, 0.05) is 49.2 Å². The summed E-state index contributed by atoms with van der Waals surface area (Å²) in [6, 6.07) is 9.98. The second-order valence-corrected chi connectivity index (χ2v) is 9.38. The number of carbonyl (C=O) groups is 1. The van der Waals surface area contributed by atoms with Crippen molar-refractivity contribution in [3.8, 4) is 10.4 Å². The molecule has 0 radical (unpaired) electrons. The molecule has 0 atom stereocenters. The number of hydrogen-bond donors (Lipinski definition) is 1. The van der Waals surface area contributed by atoms with E-state index in [1.165, 1.54) is 0 Å². The van der Waals surface area contributed by atoms with Crippen LogP contribution in [-0.2, 0) is 0 Å². The van der Waals surface area contributed by atoms with E-state index in [4.69, 9.17) is 11.6 Å². The molecule has 0 aliphatic carbocycles. The lowest BCUT2D eigenvalue weighted by atomic mass is 10.2. The van der Waals surface area contributed by atoms with Crippen LogP contribution in [0.15, 0.2) is 36.7 Å². The van der Waals surface area contributed by atoms with Gasteiger partial charge in [-0.2, -0.15) is 0 Å². The molecule has 164 valence electrons. The quantitative estimate of drug-likeness (QED) is 0.630. The molecule has 1 aliphatic heterocycles. The Morgan fingerprint density at radius 3 is 2.74 bits per heavy atom. The molecule has 0 spiro atoms. The number of anilines is 1. The first-order chi connectivity index (χ1) is 15.0. The van der Waals surface area contributed by atoms with Gasteiger partial charge in [-0.25, -0.2) is 14.8 Å². The smallest absolute Gasteiger partial charge is 0.317 e. The Morgan fingerprint density at radius 1 is 1.16 bits per heavy atom. The summed E-state index contributed by atoms with van der Waals surface area (Å²) >= 11 is 7.73. The van der Waals surface area contributed by atoms with Gasteiger partial charge in [0.25, 0.3) is 0 Å². The summed E-state index contributed by atoms with van der Waals surface area (Å²) in [6.07, 6.45) is 2.54. The van der Waals surface area contributed by atoms with Gasteiger partial charge in [0.2, 0.25) is 0 Å². The largest absolute Gasteiger partial charge is 0.353 e. The first kappa shape index (κ1) is 21.8. The third-order valence-electron chi connectivity index (χ3n) is 5.34. The first-order valence-corrected chi connectivity index (χ1v) is 11.6. The van der Waals surface area contributed by atoms with Crippen molar-refractivity contribution in [2.45, 2.75) is 6.42 Å². The molecule has 0 unspecified atom stereocenters. The maximum Gasteiger partial charge on any atom is 0.317 e. The minimum absolute atomic E-state index is 0.0117. The van der Waals surface area contributed by atoms with Crippen LogP contribution in [0.5, 0.6) is 0 Å². The fourth-order valence-electron chi connectivity index (χ4n) is 3.65. The second-order valence-electron chi connectivity index (χ2n) is 7.89. The van der Waals surface area contributed by atoms with Crippen molar-refractivity contribution < 1.29 is 4.79 Å². The predicted molar refractivity (Wildman–Crippen MR) is 128 cm³/mol. The molecule has 1 fully saturated rings. The van der Waals surface area contributed by atoms with Gasteiger partial charge >= 0.3 is 6.03 Å². The topological polar surface area (TPSA) is 64.6 Å². The molecular formula is C22H27ClN6OS. The normalized spacial score (nSPS) is 14.8. The van der Waals surface area contributed by atoms with Gasteiger partial charge < -0.3 is 20.0 Å².